The van der Waals surface area contributed by atoms with Gasteiger partial charge in [0, 0.05) is 31.0 Å². The summed E-state index contributed by atoms with van der Waals surface area (Å²) in [5, 5.41) is 3.20. The third-order valence-electron chi connectivity index (χ3n) is 2.72. The number of alkyl halides is 3. The van der Waals surface area contributed by atoms with Crippen LogP contribution >= 0.6 is 0 Å². The summed E-state index contributed by atoms with van der Waals surface area (Å²) in [5.74, 6) is 0. The molecule has 1 rings (SSSR count). The number of nitrogens with one attached hydrogen (secondary N) is 1. The van der Waals surface area contributed by atoms with Crippen molar-refractivity contribution in [3.05, 3.63) is 24.0 Å². The molecule has 1 aromatic rings. The molecule has 0 fully saturated rings. The van der Waals surface area contributed by atoms with Gasteiger partial charge in [0.1, 0.15) is 6.54 Å². The van der Waals surface area contributed by atoms with Crippen molar-refractivity contribution in [2.24, 2.45) is 0 Å². The van der Waals surface area contributed by atoms with Crippen LogP contribution in [0, 0.1) is 0 Å². The summed E-state index contributed by atoms with van der Waals surface area (Å²) in [5.41, 5.74) is 1.32. The smallest absolute Gasteiger partial charge is 0.362 e. The summed E-state index contributed by atoms with van der Waals surface area (Å²) in [6, 6.07) is 3.65. The molecule has 3 nitrogen and oxygen atoms in total. The van der Waals surface area contributed by atoms with Gasteiger partial charge in [0.05, 0.1) is 5.69 Å². The van der Waals surface area contributed by atoms with Crippen LogP contribution in [0.4, 0.5) is 18.9 Å². The molecule has 0 saturated heterocycles. The highest BCUT2D eigenvalue weighted by Gasteiger charge is 2.30. The second-order valence-corrected chi connectivity index (χ2v) is 5.08. The van der Waals surface area contributed by atoms with Crippen molar-refractivity contribution in [1.82, 2.24) is 10.3 Å². The first-order valence-electron chi connectivity index (χ1n) is 6.82. The Labute approximate surface area is 118 Å². The van der Waals surface area contributed by atoms with Gasteiger partial charge in [-0.25, -0.2) is 0 Å². The van der Waals surface area contributed by atoms with Crippen molar-refractivity contribution in [2.75, 3.05) is 18.0 Å². The Morgan fingerprint density at radius 1 is 1.35 bits per heavy atom. The molecule has 0 spiro atoms. The van der Waals surface area contributed by atoms with E-state index in [1.165, 1.54) is 4.90 Å². The molecule has 1 N–H and O–H groups in total. The van der Waals surface area contributed by atoms with E-state index in [2.05, 4.69) is 10.3 Å². The first-order chi connectivity index (χ1) is 9.31. The maximum absolute atomic E-state index is 12.6. The van der Waals surface area contributed by atoms with Crippen LogP contribution < -0.4 is 10.2 Å². The standard InChI is InChI=1S/C14H22F3N3/c1-4-7-20(10-14(15,16)17)13-5-6-18-12(8-13)9-19-11(2)3/h5-6,8,11,19H,4,7,9-10H2,1-3H3. The molecule has 0 radical (unpaired) electrons. The molecule has 114 valence electrons. The average molecular weight is 289 g/mol. The van der Waals surface area contributed by atoms with E-state index in [0.29, 0.717) is 31.2 Å². The van der Waals surface area contributed by atoms with E-state index in [9.17, 15) is 13.2 Å². The summed E-state index contributed by atoms with van der Waals surface area (Å²) < 4.78 is 37.8. The molecule has 0 aliphatic heterocycles. The molecule has 0 amide bonds. The third-order valence-corrected chi connectivity index (χ3v) is 2.72. The zero-order valence-electron chi connectivity index (χ0n) is 12.2. The van der Waals surface area contributed by atoms with Gasteiger partial charge in [-0.3, -0.25) is 4.98 Å². The van der Waals surface area contributed by atoms with E-state index >= 15 is 0 Å². The Morgan fingerprint density at radius 2 is 2.05 bits per heavy atom. The van der Waals surface area contributed by atoms with Gasteiger partial charge >= 0.3 is 6.18 Å². The first kappa shape index (κ1) is 16.8. The van der Waals surface area contributed by atoms with E-state index in [-0.39, 0.29) is 0 Å². The predicted molar refractivity (Wildman–Crippen MR) is 74.8 cm³/mol. The fourth-order valence-corrected chi connectivity index (χ4v) is 1.85. The number of halogens is 3. The van der Waals surface area contributed by atoms with Crippen LogP contribution in [0.15, 0.2) is 18.3 Å². The lowest BCUT2D eigenvalue weighted by molar-refractivity contribution is -0.119. The predicted octanol–water partition coefficient (Wildman–Crippen LogP) is 3.36. The lowest BCUT2D eigenvalue weighted by atomic mass is 10.2. The third kappa shape index (κ3) is 6.23. The SMILES string of the molecule is CCCN(CC(F)(F)F)c1ccnc(CNC(C)C)c1. The lowest BCUT2D eigenvalue weighted by Crippen LogP contribution is -2.35. The van der Waals surface area contributed by atoms with Crippen LogP contribution in [0.3, 0.4) is 0 Å². The van der Waals surface area contributed by atoms with Crippen molar-refractivity contribution in [3.63, 3.8) is 0 Å². The van der Waals surface area contributed by atoms with E-state index in [1.807, 2.05) is 20.8 Å². The van der Waals surface area contributed by atoms with Crippen molar-refractivity contribution in [2.45, 2.75) is 46.0 Å². The van der Waals surface area contributed by atoms with E-state index in [4.69, 9.17) is 0 Å². The molecule has 0 aromatic carbocycles. The normalized spacial score (nSPS) is 11.9. The highest BCUT2D eigenvalue weighted by atomic mass is 19.4. The van der Waals surface area contributed by atoms with Gasteiger partial charge in [0.2, 0.25) is 0 Å². The van der Waals surface area contributed by atoms with Gasteiger partial charge in [-0.15, -0.1) is 0 Å². The van der Waals surface area contributed by atoms with E-state index < -0.39 is 12.7 Å². The summed E-state index contributed by atoms with van der Waals surface area (Å²) in [4.78, 5) is 5.53. The highest BCUT2D eigenvalue weighted by Crippen LogP contribution is 2.22. The molecular formula is C14H22F3N3. The summed E-state index contributed by atoms with van der Waals surface area (Å²) in [6.07, 6.45) is -1.97. The second-order valence-electron chi connectivity index (χ2n) is 5.08. The Kier molecular flexibility index (Phi) is 6.26. The van der Waals surface area contributed by atoms with Crippen LogP contribution in [0.1, 0.15) is 32.9 Å². The fraction of sp³-hybridized carbons (Fsp3) is 0.643. The summed E-state index contributed by atoms with van der Waals surface area (Å²) >= 11 is 0. The molecule has 6 heteroatoms. The first-order valence-corrected chi connectivity index (χ1v) is 6.82. The number of rotatable bonds is 7. The van der Waals surface area contributed by atoms with Crippen molar-refractivity contribution in [3.8, 4) is 0 Å². The average Bonchev–Trinajstić information content (AvgIpc) is 2.35. The number of nitrogens with zero attached hydrogens (tertiary/aromatic N) is 2. The molecule has 1 heterocycles. The van der Waals surface area contributed by atoms with E-state index in [0.717, 1.165) is 5.69 Å². The van der Waals surface area contributed by atoms with Crippen molar-refractivity contribution in [1.29, 1.82) is 0 Å². The van der Waals surface area contributed by atoms with Gasteiger partial charge in [-0.2, -0.15) is 13.2 Å². The number of aromatic nitrogens is 1. The van der Waals surface area contributed by atoms with Gasteiger partial charge in [0.25, 0.3) is 0 Å². The van der Waals surface area contributed by atoms with Gasteiger partial charge < -0.3 is 10.2 Å². The van der Waals surface area contributed by atoms with Crippen molar-refractivity contribution < 1.29 is 13.2 Å². The van der Waals surface area contributed by atoms with Gasteiger partial charge in [-0.05, 0) is 18.6 Å². The van der Waals surface area contributed by atoms with Crippen LogP contribution in [-0.2, 0) is 6.54 Å². The van der Waals surface area contributed by atoms with Crippen LogP contribution in [0.25, 0.3) is 0 Å². The lowest BCUT2D eigenvalue weighted by Gasteiger charge is -2.25. The largest absolute Gasteiger partial charge is 0.405 e. The van der Waals surface area contributed by atoms with Crippen molar-refractivity contribution >= 4 is 5.69 Å². The number of hydrogen-bond donors (Lipinski definition) is 1. The van der Waals surface area contributed by atoms with Gasteiger partial charge in [-0.1, -0.05) is 20.8 Å². The minimum atomic E-state index is -4.20. The molecule has 0 aliphatic rings. The molecular weight excluding hydrogens is 267 g/mol. The topological polar surface area (TPSA) is 28.2 Å². The molecule has 0 saturated carbocycles. The fourth-order valence-electron chi connectivity index (χ4n) is 1.85. The molecule has 0 bridgehead atoms. The number of pyridine rings is 1. The minimum absolute atomic E-state index is 0.308. The Hall–Kier alpha value is -1.30. The quantitative estimate of drug-likeness (QED) is 0.834. The molecule has 1 aromatic heterocycles. The minimum Gasteiger partial charge on any atom is -0.362 e. The molecule has 0 unspecified atom stereocenters. The molecule has 20 heavy (non-hydrogen) atoms. The summed E-state index contributed by atoms with van der Waals surface area (Å²) in [7, 11) is 0. The van der Waals surface area contributed by atoms with Crippen LogP contribution in [0.5, 0.6) is 0 Å². The zero-order chi connectivity index (χ0) is 15.2. The van der Waals surface area contributed by atoms with E-state index in [1.54, 1.807) is 18.3 Å². The zero-order valence-corrected chi connectivity index (χ0v) is 12.2. The Bertz CT molecular complexity index is 405. The van der Waals surface area contributed by atoms with Crippen LogP contribution in [0.2, 0.25) is 0 Å². The highest BCUT2D eigenvalue weighted by molar-refractivity contribution is 5.46. The second kappa shape index (κ2) is 7.47. The Balaban J connectivity index is 2.82. The molecule has 0 atom stereocenters. The maximum Gasteiger partial charge on any atom is 0.405 e. The molecule has 0 aliphatic carbocycles. The number of hydrogen-bond acceptors (Lipinski definition) is 3. The maximum atomic E-state index is 12.6. The van der Waals surface area contributed by atoms with Crippen LogP contribution in [-0.4, -0.2) is 30.3 Å². The monoisotopic (exact) mass is 289 g/mol. The Morgan fingerprint density at radius 3 is 2.60 bits per heavy atom. The number of anilines is 1. The summed E-state index contributed by atoms with van der Waals surface area (Å²) in [6.45, 7) is 5.89. The van der Waals surface area contributed by atoms with Gasteiger partial charge in [0.15, 0.2) is 0 Å².